The Kier molecular flexibility index (Phi) is 4.51. The van der Waals surface area contributed by atoms with Crippen LogP contribution in [0.1, 0.15) is 6.92 Å². The van der Waals surface area contributed by atoms with Gasteiger partial charge in [-0.05, 0) is 19.1 Å². The lowest BCUT2D eigenvalue weighted by molar-refractivity contribution is 0.303. The zero-order valence-electron chi connectivity index (χ0n) is 11.2. The van der Waals surface area contributed by atoms with E-state index < -0.39 is 0 Å². The molecule has 1 heterocycles. The van der Waals surface area contributed by atoms with Crippen LogP contribution in [0, 0.1) is 0 Å². The molecule has 2 aromatic rings. The van der Waals surface area contributed by atoms with Crippen molar-refractivity contribution in [2.45, 2.75) is 6.92 Å². The van der Waals surface area contributed by atoms with Gasteiger partial charge in [-0.1, -0.05) is 6.07 Å². The number of ether oxygens (including phenoxy) is 3. The molecule has 0 amide bonds. The van der Waals surface area contributed by atoms with Gasteiger partial charge < -0.3 is 14.2 Å². The first-order valence-corrected chi connectivity index (χ1v) is 5.92. The van der Waals surface area contributed by atoms with E-state index in [2.05, 4.69) is 20.4 Å². The predicted octanol–water partition coefficient (Wildman–Crippen LogP) is 1.36. The molecule has 0 bridgehead atoms. The lowest BCUT2D eigenvalue weighted by Crippen LogP contribution is -2.12. The molecule has 2 rings (SSSR count). The minimum Gasteiger partial charge on any atom is -0.497 e. The van der Waals surface area contributed by atoms with Crippen molar-refractivity contribution in [3.8, 4) is 23.5 Å². The van der Waals surface area contributed by atoms with E-state index in [1.54, 1.807) is 31.4 Å². The zero-order valence-corrected chi connectivity index (χ0v) is 11.2. The number of nitrogens with one attached hydrogen (secondary N) is 1. The maximum atomic E-state index is 5.53. The van der Waals surface area contributed by atoms with Gasteiger partial charge in [0.15, 0.2) is 0 Å². The number of methoxy groups -OCH3 is 1. The first-order valence-electron chi connectivity index (χ1n) is 5.92. The van der Waals surface area contributed by atoms with E-state index in [1.165, 1.54) is 0 Å². The highest BCUT2D eigenvalue weighted by Crippen LogP contribution is 2.24. The molecule has 0 aliphatic rings. The van der Waals surface area contributed by atoms with Gasteiger partial charge in [0.2, 0.25) is 5.95 Å². The smallest absolute Gasteiger partial charge is 0.330 e. The molecule has 0 atom stereocenters. The van der Waals surface area contributed by atoms with Gasteiger partial charge in [-0.25, -0.2) is 5.84 Å². The minimum atomic E-state index is 0.0738. The van der Waals surface area contributed by atoms with Gasteiger partial charge in [0.25, 0.3) is 0 Å². The Labute approximate surface area is 115 Å². The van der Waals surface area contributed by atoms with Gasteiger partial charge >= 0.3 is 12.0 Å². The number of nitrogens with zero attached hydrogens (tertiary/aromatic N) is 3. The summed E-state index contributed by atoms with van der Waals surface area (Å²) in [7, 11) is 1.58. The highest BCUT2D eigenvalue weighted by molar-refractivity contribution is 5.35. The van der Waals surface area contributed by atoms with Crippen molar-refractivity contribution in [1.82, 2.24) is 15.0 Å². The summed E-state index contributed by atoms with van der Waals surface area (Å²) >= 11 is 0. The van der Waals surface area contributed by atoms with E-state index in [0.29, 0.717) is 18.1 Å². The fraction of sp³-hybridized carbons (Fsp3) is 0.250. The molecule has 0 fully saturated rings. The Balaban J connectivity index is 2.24. The molecule has 0 saturated heterocycles. The Morgan fingerprint density at radius 2 is 1.90 bits per heavy atom. The van der Waals surface area contributed by atoms with Crippen LogP contribution < -0.4 is 25.5 Å². The van der Waals surface area contributed by atoms with Crippen molar-refractivity contribution in [2.75, 3.05) is 19.1 Å². The van der Waals surface area contributed by atoms with Crippen LogP contribution in [0.5, 0.6) is 23.5 Å². The third-order valence-electron chi connectivity index (χ3n) is 2.25. The molecule has 8 nitrogen and oxygen atoms in total. The van der Waals surface area contributed by atoms with Crippen molar-refractivity contribution in [1.29, 1.82) is 0 Å². The highest BCUT2D eigenvalue weighted by atomic mass is 16.5. The molecule has 106 valence electrons. The van der Waals surface area contributed by atoms with Crippen LogP contribution in [-0.2, 0) is 0 Å². The molecule has 0 aliphatic heterocycles. The van der Waals surface area contributed by atoms with Crippen LogP contribution in [0.15, 0.2) is 24.3 Å². The molecule has 0 unspecified atom stereocenters. The van der Waals surface area contributed by atoms with Gasteiger partial charge in [-0.3, -0.25) is 5.43 Å². The number of anilines is 1. The Morgan fingerprint density at radius 3 is 2.60 bits per heavy atom. The second-order valence-electron chi connectivity index (χ2n) is 3.58. The second-order valence-corrected chi connectivity index (χ2v) is 3.58. The number of aromatic nitrogens is 3. The third kappa shape index (κ3) is 3.45. The van der Waals surface area contributed by atoms with Crippen LogP contribution in [0.3, 0.4) is 0 Å². The number of nitrogens with two attached hydrogens (primary N) is 1. The van der Waals surface area contributed by atoms with Crippen molar-refractivity contribution < 1.29 is 14.2 Å². The van der Waals surface area contributed by atoms with E-state index in [0.717, 1.165) is 0 Å². The summed E-state index contributed by atoms with van der Waals surface area (Å²) in [5, 5.41) is 0. The van der Waals surface area contributed by atoms with E-state index in [-0.39, 0.29) is 18.0 Å². The second kappa shape index (κ2) is 6.53. The van der Waals surface area contributed by atoms with E-state index in [9.17, 15) is 0 Å². The number of rotatable bonds is 6. The maximum absolute atomic E-state index is 5.53. The van der Waals surface area contributed by atoms with Crippen molar-refractivity contribution >= 4 is 5.95 Å². The van der Waals surface area contributed by atoms with E-state index >= 15 is 0 Å². The van der Waals surface area contributed by atoms with Gasteiger partial charge in [-0.15, -0.1) is 4.98 Å². The molecule has 0 saturated carbocycles. The number of nitrogen functional groups attached to an aromatic ring is 1. The molecule has 1 aromatic carbocycles. The Morgan fingerprint density at radius 1 is 1.15 bits per heavy atom. The average Bonchev–Trinajstić information content (AvgIpc) is 2.47. The normalized spacial score (nSPS) is 9.95. The van der Waals surface area contributed by atoms with Crippen LogP contribution >= 0.6 is 0 Å². The molecule has 0 aliphatic carbocycles. The lowest BCUT2D eigenvalue weighted by Gasteiger charge is -2.08. The van der Waals surface area contributed by atoms with Crippen molar-refractivity contribution in [3.05, 3.63) is 24.3 Å². The summed E-state index contributed by atoms with van der Waals surface area (Å²) in [4.78, 5) is 11.9. The van der Waals surface area contributed by atoms with Crippen LogP contribution in [-0.4, -0.2) is 28.7 Å². The molecule has 0 radical (unpaired) electrons. The quantitative estimate of drug-likeness (QED) is 0.602. The topological polar surface area (TPSA) is 104 Å². The van der Waals surface area contributed by atoms with Crippen LogP contribution in [0.4, 0.5) is 5.95 Å². The monoisotopic (exact) mass is 277 g/mol. The number of hydrogen-bond donors (Lipinski definition) is 2. The molecule has 1 aromatic heterocycles. The third-order valence-corrected chi connectivity index (χ3v) is 2.25. The summed E-state index contributed by atoms with van der Waals surface area (Å²) in [5.41, 5.74) is 2.33. The van der Waals surface area contributed by atoms with Gasteiger partial charge in [0.1, 0.15) is 11.5 Å². The first kappa shape index (κ1) is 13.8. The Bertz CT molecular complexity index is 579. The summed E-state index contributed by atoms with van der Waals surface area (Å²) < 4.78 is 15.9. The molecule has 3 N–H and O–H groups in total. The van der Waals surface area contributed by atoms with Gasteiger partial charge in [0, 0.05) is 6.07 Å². The molecule has 8 heteroatoms. The summed E-state index contributed by atoms with van der Waals surface area (Å²) in [6, 6.07) is 7.26. The first-order chi connectivity index (χ1) is 9.75. The van der Waals surface area contributed by atoms with E-state index in [4.69, 9.17) is 20.1 Å². The SMILES string of the molecule is CCOc1nc(NN)nc(Oc2cccc(OC)c2)n1. The summed E-state index contributed by atoms with van der Waals surface area (Å²) in [6.07, 6.45) is 0. The van der Waals surface area contributed by atoms with Crippen LogP contribution in [0.25, 0.3) is 0 Å². The summed E-state index contributed by atoms with van der Waals surface area (Å²) in [6.45, 7) is 2.24. The van der Waals surface area contributed by atoms with Gasteiger partial charge in [0.05, 0.1) is 13.7 Å². The Hall–Kier alpha value is -2.61. The largest absolute Gasteiger partial charge is 0.497 e. The van der Waals surface area contributed by atoms with Gasteiger partial charge in [-0.2, -0.15) is 9.97 Å². The highest BCUT2D eigenvalue weighted by Gasteiger charge is 2.09. The fourth-order valence-corrected chi connectivity index (χ4v) is 1.41. The predicted molar refractivity (Wildman–Crippen MR) is 71.9 cm³/mol. The van der Waals surface area contributed by atoms with Crippen LogP contribution in [0.2, 0.25) is 0 Å². The maximum Gasteiger partial charge on any atom is 0.330 e. The number of hydrogen-bond acceptors (Lipinski definition) is 8. The molecule has 20 heavy (non-hydrogen) atoms. The lowest BCUT2D eigenvalue weighted by atomic mass is 10.3. The fourth-order valence-electron chi connectivity index (χ4n) is 1.41. The van der Waals surface area contributed by atoms with E-state index in [1.807, 2.05) is 6.92 Å². The standard InChI is InChI=1S/C12H15N5O3/c1-3-19-11-14-10(17-13)15-12(16-11)20-9-6-4-5-8(7-9)18-2/h4-7H,3,13H2,1-2H3,(H,14,15,16,17). The zero-order chi connectivity index (χ0) is 14.4. The van der Waals surface area contributed by atoms with Crippen molar-refractivity contribution in [3.63, 3.8) is 0 Å². The number of benzene rings is 1. The molecule has 0 spiro atoms. The minimum absolute atomic E-state index is 0.0738. The summed E-state index contributed by atoms with van der Waals surface area (Å²) in [5.74, 6) is 6.64. The number of hydrazine groups is 1. The van der Waals surface area contributed by atoms with Crippen molar-refractivity contribution in [2.24, 2.45) is 5.84 Å². The average molecular weight is 277 g/mol. The molecular formula is C12H15N5O3. The molecular weight excluding hydrogens is 262 g/mol.